The Kier molecular flexibility index (Phi) is 5.40. The minimum absolute atomic E-state index is 0.0928. The third kappa shape index (κ3) is 3.16. The lowest BCUT2D eigenvalue weighted by atomic mass is 9.89. The number of carbonyl (C=O) groups excluding carboxylic acids is 2. The van der Waals surface area contributed by atoms with Crippen molar-refractivity contribution in [3.05, 3.63) is 0 Å². The van der Waals surface area contributed by atoms with Crippen LogP contribution in [-0.2, 0) is 20.9 Å². The molecule has 3 heterocycles. The molecule has 2 amide bonds. The molecule has 13 heteroatoms. The summed E-state index contributed by atoms with van der Waals surface area (Å²) >= 11 is 6.72. The fourth-order valence-electron chi connectivity index (χ4n) is 2.87. The second-order valence-corrected chi connectivity index (χ2v) is 8.61. The van der Waals surface area contributed by atoms with E-state index in [4.69, 9.17) is 0 Å². The maximum Gasteiger partial charge on any atom is 0.313 e. The summed E-state index contributed by atoms with van der Waals surface area (Å²) in [6, 6.07) is -0.646. The third-order valence-corrected chi connectivity index (χ3v) is 7.78. The van der Waals surface area contributed by atoms with E-state index in [-0.39, 0.29) is 29.5 Å². The van der Waals surface area contributed by atoms with Crippen LogP contribution in [0.1, 0.15) is 13.8 Å². The van der Waals surface area contributed by atoms with Gasteiger partial charge in [-0.05, 0) is 17.4 Å². The zero-order chi connectivity index (χ0) is 19.1. The van der Waals surface area contributed by atoms with Crippen molar-refractivity contribution in [2.45, 2.75) is 37.0 Å². The van der Waals surface area contributed by atoms with Crippen molar-refractivity contribution in [1.29, 1.82) is 0 Å². The zero-order valence-electron chi connectivity index (χ0n) is 14.1. The van der Waals surface area contributed by atoms with Crippen LogP contribution < -0.4 is 0 Å². The SMILES string of the molecule is CCn1nnnc1SCC1(C(=O)O)CS[C@@H]2C(N(S)C(C)=O)C(=O)N2C1. The Hall–Kier alpha value is -1.47. The lowest BCUT2D eigenvalue weighted by molar-refractivity contribution is -0.160. The molecule has 0 radical (unpaired) electrons. The first-order valence-electron chi connectivity index (χ1n) is 7.84. The number of aliphatic carboxylic acids is 1. The van der Waals surface area contributed by atoms with Crippen LogP contribution in [0.25, 0.3) is 0 Å². The summed E-state index contributed by atoms with van der Waals surface area (Å²) < 4.78 is 2.71. The van der Waals surface area contributed by atoms with Gasteiger partial charge in [0.25, 0.3) is 0 Å². The predicted octanol–water partition coefficient (Wildman–Crippen LogP) is -0.167. The third-order valence-electron chi connectivity index (χ3n) is 4.43. The summed E-state index contributed by atoms with van der Waals surface area (Å²) in [5.41, 5.74) is -1.10. The Bertz CT molecular complexity index is 745. The van der Waals surface area contributed by atoms with E-state index in [0.29, 0.717) is 17.5 Å². The number of carboxylic acid groups (broad SMARTS) is 1. The molecule has 2 fully saturated rings. The van der Waals surface area contributed by atoms with Crippen LogP contribution in [0.2, 0.25) is 0 Å². The summed E-state index contributed by atoms with van der Waals surface area (Å²) in [7, 11) is 0. The molecule has 2 aliphatic heterocycles. The maximum absolute atomic E-state index is 12.4. The van der Waals surface area contributed by atoms with Crippen molar-refractivity contribution in [3.8, 4) is 0 Å². The molecule has 3 atom stereocenters. The molecule has 2 aliphatic rings. The van der Waals surface area contributed by atoms with Gasteiger partial charge in [0.2, 0.25) is 17.0 Å². The Balaban J connectivity index is 1.72. The molecule has 142 valence electrons. The van der Waals surface area contributed by atoms with Crippen LogP contribution in [0.15, 0.2) is 5.16 Å². The zero-order valence-corrected chi connectivity index (χ0v) is 16.6. The van der Waals surface area contributed by atoms with Gasteiger partial charge < -0.3 is 10.0 Å². The van der Waals surface area contributed by atoms with Crippen LogP contribution in [0.4, 0.5) is 0 Å². The number of tetrazole rings is 1. The average molecular weight is 419 g/mol. The second kappa shape index (κ2) is 7.27. The summed E-state index contributed by atoms with van der Waals surface area (Å²) in [5.74, 6) is -0.982. The molecule has 3 rings (SSSR count). The molecule has 0 aliphatic carbocycles. The molecule has 1 N–H and O–H groups in total. The van der Waals surface area contributed by atoms with E-state index >= 15 is 0 Å². The van der Waals surface area contributed by atoms with E-state index in [9.17, 15) is 19.5 Å². The number of aromatic nitrogens is 4. The van der Waals surface area contributed by atoms with Crippen molar-refractivity contribution in [2.75, 3.05) is 18.1 Å². The number of β-lactam (4-membered cyclic amide) rings is 1. The summed E-state index contributed by atoms with van der Waals surface area (Å²) in [6.07, 6.45) is 0. The van der Waals surface area contributed by atoms with E-state index in [0.717, 1.165) is 4.31 Å². The first kappa shape index (κ1) is 19.3. The van der Waals surface area contributed by atoms with Crippen molar-refractivity contribution in [1.82, 2.24) is 29.4 Å². The number of thiol groups is 1. The highest BCUT2D eigenvalue weighted by atomic mass is 32.2. The summed E-state index contributed by atoms with van der Waals surface area (Å²) in [4.78, 5) is 37.4. The molecule has 26 heavy (non-hydrogen) atoms. The second-order valence-electron chi connectivity index (χ2n) is 6.13. The van der Waals surface area contributed by atoms with Gasteiger partial charge in [-0.3, -0.25) is 18.7 Å². The largest absolute Gasteiger partial charge is 0.481 e. The average Bonchev–Trinajstić information content (AvgIpc) is 3.07. The van der Waals surface area contributed by atoms with Crippen molar-refractivity contribution >= 4 is 54.1 Å². The molecular formula is C13H18N6O4S3. The maximum atomic E-state index is 12.4. The molecule has 0 bridgehead atoms. The minimum Gasteiger partial charge on any atom is -0.481 e. The fourth-order valence-corrected chi connectivity index (χ4v) is 6.03. The molecular weight excluding hydrogens is 400 g/mol. The van der Waals surface area contributed by atoms with Crippen LogP contribution in [-0.4, -0.2) is 81.8 Å². The molecule has 1 aromatic heterocycles. The van der Waals surface area contributed by atoms with Gasteiger partial charge in [0, 0.05) is 31.5 Å². The van der Waals surface area contributed by atoms with Gasteiger partial charge in [0.1, 0.15) is 10.8 Å². The Morgan fingerprint density at radius 2 is 2.27 bits per heavy atom. The number of rotatable bonds is 6. The fraction of sp³-hybridized carbons (Fsp3) is 0.692. The van der Waals surface area contributed by atoms with Crippen LogP contribution in [0, 0.1) is 5.41 Å². The summed E-state index contributed by atoms with van der Waals surface area (Å²) in [5, 5.41) is 21.4. The Labute approximate surface area is 163 Å². The number of nitrogens with zero attached hydrogens (tertiary/aromatic N) is 6. The molecule has 0 aromatic carbocycles. The van der Waals surface area contributed by atoms with Gasteiger partial charge in [-0.25, -0.2) is 4.68 Å². The summed E-state index contributed by atoms with van der Waals surface area (Å²) in [6.45, 7) is 3.91. The number of hydrogen-bond acceptors (Lipinski definition) is 9. The molecule has 2 unspecified atom stereocenters. The highest BCUT2D eigenvalue weighted by Crippen LogP contribution is 2.45. The van der Waals surface area contributed by atoms with Gasteiger partial charge in [0.05, 0.1) is 0 Å². The number of fused-ring (bicyclic) bond motifs is 1. The van der Waals surface area contributed by atoms with Crippen molar-refractivity contribution in [3.63, 3.8) is 0 Å². The van der Waals surface area contributed by atoms with E-state index in [2.05, 4.69) is 28.3 Å². The van der Waals surface area contributed by atoms with Crippen molar-refractivity contribution < 1.29 is 19.5 Å². The molecule has 2 saturated heterocycles. The standard InChI is InChI=1S/C13H18N6O4S3/c1-3-18-12(14-15-16-18)26-6-13(11(22)23)4-17-9(21)8(10(17)25-5-13)19(24)7(2)20/h8,10,24H,3-6H2,1-2H3,(H,22,23)/t8?,10-,13?/m1/s1. The van der Waals surface area contributed by atoms with E-state index in [1.54, 1.807) is 4.68 Å². The number of carboxylic acids is 1. The normalized spacial score (nSPS) is 27.7. The number of hydrogen-bond donors (Lipinski definition) is 2. The highest BCUT2D eigenvalue weighted by Gasteiger charge is 2.59. The topological polar surface area (TPSA) is 122 Å². The van der Waals surface area contributed by atoms with Gasteiger partial charge in [0.15, 0.2) is 6.04 Å². The van der Waals surface area contributed by atoms with Gasteiger partial charge in [-0.15, -0.1) is 16.9 Å². The lowest BCUT2D eigenvalue weighted by Crippen LogP contribution is -2.73. The number of carbonyl (C=O) groups is 3. The molecule has 1 aromatic rings. The van der Waals surface area contributed by atoms with Crippen LogP contribution in [0.3, 0.4) is 0 Å². The monoisotopic (exact) mass is 418 g/mol. The Morgan fingerprint density at radius 1 is 1.54 bits per heavy atom. The predicted molar refractivity (Wildman–Crippen MR) is 97.5 cm³/mol. The van der Waals surface area contributed by atoms with Crippen LogP contribution in [0.5, 0.6) is 0 Å². The smallest absolute Gasteiger partial charge is 0.313 e. The first-order chi connectivity index (χ1) is 12.3. The minimum atomic E-state index is -1.10. The molecule has 0 saturated carbocycles. The van der Waals surface area contributed by atoms with Crippen LogP contribution >= 0.6 is 36.3 Å². The van der Waals surface area contributed by atoms with Gasteiger partial charge >= 0.3 is 5.97 Å². The van der Waals surface area contributed by atoms with Gasteiger partial charge in [-0.2, -0.15) is 0 Å². The number of aryl methyl sites for hydroxylation is 1. The molecule has 0 spiro atoms. The van der Waals surface area contributed by atoms with E-state index < -0.39 is 17.4 Å². The lowest BCUT2D eigenvalue weighted by Gasteiger charge is -2.55. The Morgan fingerprint density at radius 3 is 2.88 bits per heavy atom. The van der Waals surface area contributed by atoms with Gasteiger partial charge in [-0.1, -0.05) is 24.6 Å². The van der Waals surface area contributed by atoms with Crippen molar-refractivity contribution in [2.24, 2.45) is 5.41 Å². The number of amides is 2. The first-order valence-corrected chi connectivity index (χ1v) is 10.3. The van der Waals surface area contributed by atoms with E-state index in [1.165, 1.54) is 35.3 Å². The highest BCUT2D eigenvalue weighted by molar-refractivity contribution is 8.00. The molecule has 10 nitrogen and oxygen atoms in total. The quantitative estimate of drug-likeness (QED) is 0.368. The van der Waals surface area contributed by atoms with E-state index in [1.807, 2.05) is 6.92 Å². The number of thioether (sulfide) groups is 2.